The fraction of sp³-hybridized carbons (Fsp3) is 0.292. The second-order valence-electron chi connectivity index (χ2n) is 8.50. The van der Waals surface area contributed by atoms with Gasteiger partial charge in [-0.05, 0) is 37.1 Å². The number of nitrogens with one attached hydrogen (secondary N) is 2. The summed E-state index contributed by atoms with van der Waals surface area (Å²) in [5.74, 6) is 0.294. The Morgan fingerprint density at radius 3 is 2.74 bits per heavy atom. The number of carbonyl (C=O) groups excluding carboxylic acids is 1. The van der Waals surface area contributed by atoms with Gasteiger partial charge >= 0.3 is 6.03 Å². The van der Waals surface area contributed by atoms with Crippen molar-refractivity contribution in [3.63, 3.8) is 0 Å². The summed E-state index contributed by atoms with van der Waals surface area (Å²) < 4.78 is 1.68. The number of benzene rings is 1. The highest BCUT2D eigenvalue weighted by Gasteiger charge is 2.21. The summed E-state index contributed by atoms with van der Waals surface area (Å²) in [6, 6.07) is 9.15. The van der Waals surface area contributed by atoms with E-state index in [1.165, 1.54) is 6.42 Å². The number of halogens is 1. The standard InChI is InChI=1S/C24H25ClN8O/c1-33-11-9-18(32-33)21-20(15-12-14-6-5-10-27-19(14)17(25)13-15)30-23(22(26)29-21)31-24(34)28-16-7-3-2-4-8-16/h5-6,9-13,16H,2-4,7-8H2,1H3,(H2,26,29)(H2,28,30,31,34). The molecule has 1 saturated carbocycles. The molecule has 0 bridgehead atoms. The Morgan fingerprint density at radius 1 is 1.15 bits per heavy atom. The molecule has 34 heavy (non-hydrogen) atoms. The minimum atomic E-state index is -0.342. The number of aryl methyl sites for hydroxylation is 1. The summed E-state index contributed by atoms with van der Waals surface area (Å²) in [5.41, 5.74) is 9.25. The fourth-order valence-electron chi connectivity index (χ4n) is 4.32. The van der Waals surface area contributed by atoms with Crippen molar-refractivity contribution in [1.29, 1.82) is 0 Å². The number of rotatable bonds is 4. The molecule has 1 aliphatic rings. The lowest BCUT2D eigenvalue weighted by Crippen LogP contribution is -2.39. The summed E-state index contributed by atoms with van der Waals surface area (Å²) in [6.45, 7) is 0. The molecule has 1 fully saturated rings. The van der Waals surface area contributed by atoms with Crippen molar-refractivity contribution < 1.29 is 4.79 Å². The number of urea groups is 1. The normalized spacial score (nSPS) is 14.3. The SMILES string of the molecule is Cn1ccc(-c2nc(N)c(NC(=O)NC3CCCCC3)nc2-c2cc(Cl)c3ncccc3c2)n1. The van der Waals surface area contributed by atoms with Gasteiger partial charge in [-0.25, -0.2) is 14.8 Å². The zero-order valence-corrected chi connectivity index (χ0v) is 19.5. The molecule has 2 amide bonds. The van der Waals surface area contributed by atoms with E-state index in [0.717, 1.165) is 36.6 Å². The third-order valence-electron chi connectivity index (χ3n) is 5.98. The van der Waals surface area contributed by atoms with Crippen LogP contribution in [0.2, 0.25) is 5.02 Å². The first-order chi connectivity index (χ1) is 16.5. The second kappa shape index (κ2) is 9.26. The van der Waals surface area contributed by atoms with Gasteiger partial charge in [-0.3, -0.25) is 15.0 Å². The van der Waals surface area contributed by atoms with Crippen molar-refractivity contribution in [2.75, 3.05) is 11.1 Å². The lowest BCUT2D eigenvalue weighted by molar-refractivity contribution is 0.244. The van der Waals surface area contributed by atoms with E-state index in [2.05, 4.69) is 25.7 Å². The maximum absolute atomic E-state index is 12.7. The largest absolute Gasteiger partial charge is 0.381 e. The average molecular weight is 477 g/mol. The topological polar surface area (TPSA) is 124 Å². The fourth-order valence-corrected chi connectivity index (χ4v) is 4.60. The van der Waals surface area contributed by atoms with Gasteiger partial charge in [-0.1, -0.05) is 36.9 Å². The Hall–Kier alpha value is -3.72. The molecule has 0 spiro atoms. The molecule has 4 N–H and O–H groups in total. The lowest BCUT2D eigenvalue weighted by Gasteiger charge is -2.23. The van der Waals surface area contributed by atoms with Crippen LogP contribution in [0.1, 0.15) is 32.1 Å². The number of hydrogen-bond donors (Lipinski definition) is 3. The van der Waals surface area contributed by atoms with Gasteiger partial charge in [0.05, 0.1) is 10.5 Å². The molecular formula is C24H25ClN8O. The van der Waals surface area contributed by atoms with Gasteiger partial charge in [0.15, 0.2) is 11.6 Å². The van der Waals surface area contributed by atoms with E-state index in [4.69, 9.17) is 22.3 Å². The molecule has 4 aromatic rings. The van der Waals surface area contributed by atoms with Crippen LogP contribution in [0.3, 0.4) is 0 Å². The first kappa shape index (κ1) is 22.1. The molecule has 1 aromatic carbocycles. The smallest absolute Gasteiger partial charge is 0.320 e. The number of carbonyl (C=O) groups is 1. The first-order valence-corrected chi connectivity index (χ1v) is 11.7. The van der Waals surface area contributed by atoms with Crippen LogP contribution < -0.4 is 16.4 Å². The summed E-state index contributed by atoms with van der Waals surface area (Å²) in [6.07, 6.45) is 8.91. The van der Waals surface area contributed by atoms with Crippen LogP contribution in [0.25, 0.3) is 33.5 Å². The van der Waals surface area contributed by atoms with Gasteiger partial charge in [0, 0.05) is 36.4 Å². The van der Waals surface area contributed by atoms with Crippen LogP contribution in [0.4, 0.5) is 16.4 Å². The van der Waals surface area contributed by atoms with E-state index in [9.17, 15) is 4.79 Å². The summed E-state index contributed by atoms with van der Waals surface area (Å²) in [7, 11) is 1.82. The van der Waals surface area contributed by atoms with Crippen LogP contribution in [0.5, 0.6) is 0 Å². The van der Waals surface area contributed by atoms with Crippen LogP contribution >= 0.6 is 11.6 Å². The highest BCUT2D eigenvalue weighted by Crippen LogP contribution is 2.35. The number of nitrogens with zero attached hydrogens (tertiary/aromatic N) is 5. The predicted octanol–water partition coefficient (Wildman–Crippen LogP) is 4.78. The highest BCUT2D eigenvalue weighted by molar-refractivity contribution is 6.35. The quantitative estimate of drug-likeness (QED) is 0.389. The summed E-state index contributed by atoms with van der Waals surface area (Å²) in [4.78, 5) is 26.3. The number of nitrogens with two attached hydrogens (primary N) is 1. The molecule has 3 aromatic heterocycles. The number of aromatic nitrogens is 5. The van der Waals surface area contributed by atoms with Crippen molar-refractivity contribution in [1.82, 2.24) is 30.0 Å². The van der Waals surface area contributed by atoms with E-state index in [1.54, 1.807) is 16.9 Å². The van der Waals surface area contributed by atoms with Gasteiger partial charge in [0.1, 0.15) is 17.1 Å². The highest BCUT2D eigenvalue weighted by atomic mass is 35.5. The second-order valence-corrected chi connectivity index (χ2v) is 8.90. The van der Waals surface area contributed by atoms with Crippen LogP contribution in [-0.4, -0.2) is 36.8 Å². The Morgan fingerprint density at radius 2 is 1.97 bits per heavy atom. The van der Waals surface area contributed by atoms with E-state index in [1.807, 2.05) is 37.5 Å². The van der Waals surface area contributed by atoms with Gasteiger partial charge in [0.25, 0.3) is 0 Å². The molecule has 0 unspecified atom stereocenters. The number of pyridine rings is 1. The number of amides is 2. The minimum Gasteiger partial charge on any atom is -0.381 e. The molecule has 0 saturated heterocycles. The molecule has 5 rings (SSSR count). The van der Waals surface area contributed by atoms with Crippen LogP contribution in [-0.2, 0) is 7.05 Å². The van der Waals surface area contributed by atoms with Gasteiger partial charge < -0.3 is 11.1 Å². The van der Waals surface area contributed by atoms with Crippen LogP contribution in [0, 0.1) is 0 Å². The Bertz CT molecular complexity index is 1360. The third kappa shape index (κ3) is 4.51. The zero-order valence-electron chi connectivity index (χ0n) is 18.8. The van der Waals surface area contributed by atoms with Crippen molar-refractivity contribution in [2.45, 2.75) is 38.1 Å². The van der Waals surface area contributed by atoms with Crippen LogP contribution in [0.15, 0.2) is 42.7 Å². The number of anilines is 2. The van der Waals surface area contributed by atoms with Crippen molar-refractivity contribution in [2.24, 2.45) is 7.05 Å². The monoisotopic (exact) mass is 476 g/mol. The summed E-state index contributed by atoms with van der Waals surface area (Å²) >= 11 is 6.54. The molecule has 0 aliphatic heterocycles. The average Bonchev–Trinajstić information content (AvgIpc) is 3.27. The Labute approximate surface area is 201 Å². The third-order valence-corrected chi connectivity index (χ3v) is 6.27. The van der Waals surface area contributed by atoms with E-state index < -0.39 is 0 Å². The zero-order chi connectivity index (χ0) is 23.7. The van der Waals surface area contributed by atoms with E-state index >= 15 is 0 Å². The van der Waals surface area contributed by atoms with Gasteiger partial charge in [-0.2, -0.15) is 5.10 Å². The molecule has 0 radical (unpaired) electrons. The predicted molar refractivity (Wildman–Crippen MR) is 133 cm³/mol. The van der Waals surface area contributed by atoms with Crippen molar-refractivity contribution in [3.8, 4) is 22.6 Å². The molecule has 1 aliphatic carbocycles. The van der Waals surface area contributed by atoms with E-state index in [-0.39, 0.29) is 23.7 Å². The molecule has 0 atom stereocenters. The number of hydrogen-bond acceptors (Lipinski definition) is 6. The molecule has 10 heteroatoms. The van der Waals surface area contributed by atoms with Crippen molar-refractivity contribution >= 4 is 40.2 Å². The molecule has 9 nitrogen and oxygen atoms in total. The first-order valence-electron chi connectivity index (χ1n) is 11.3. The molecular weight excluding hydrogens is 452 g/mol. The van der Waals surface area contributed by atoms with Gasteiger partial charge in [0.2, 0.25) is 0 Å². The lowest BCUT2D eigenvalue weighted by atomic mass is 9.96. The van der Waals surface area contributed by atoms with E-state index in [0.29, 0.717) is 27.6 Å². The van der Waals surface area contributed by atoms with Gasteiger partial charge in [-0.15, -0.1) is 0 Å². The molecule has 174 valence electrons. The minimum absolute atomic E-state index is 0.108. The number of nitrogen functional groups attached to an aromatic ring is 1. The Kier molecular flexibility index (Phi) is 6.02. The maximum Gasteiger partial charge on any atom is 0.320 e. The molecule has 3 heterocycles. The van der Waals surface area contributed by atoms with Crippen molar-refractivity contribution in [3.05, 3.63) is 47.7 Å². The Balaban J connectivity index is 1.56. The number of fused-ring (bicyclic) bond motifs is 1. The summed E-state index contributed by atoms with van der Waals surface area (Å²) in [5, 5.41) is 11.6. The maximum atomic E-state index is 12.7.